The molecule has 0 fully saturated rings. The number of hydrogen-bond acceptors (Lipinski definition) is 2. The van der Waals surface area contributed by atoms with Crippen LogP contribution >= 0.6 is 0 Å². The molecule has 1 aliphatic heterocycles. The van der Waals surface area contributed by atoms with Crippen LogP contribution in [0.25, 0.3) is 11.1 Å². The Morgan fingerprint density at radius 3 is 2.64 bits per heavy atom. The van der Waals surface area contributed by atoms with Crippen molar-refractivity contribution in [3.63, 3.8) is 0 Å². The van der Waals surface area contributed by atoms with Gasteiger partial charge in [0.1, 0.15) is 5.82 Å². The van der Waals surface area contributed by atoms with Crippen LogP contribution in [0.1, 0.15) is 27.0 Å². The fourth-order valence-electron chi connectivity index (χ4n) is 3.36. The minimum atomic E-state index is -0.267. The van der Waals surface area contributed by atoms with Crippen molar-refractivity contribution in [2.75, 3.05) is 0 Å². The molecule has 0 saturated carbocycles. The van der Waals surface area contributed by atoms with Gasteiger partial charge >= 0.3 is 0 Å². The number of carbonyl (C=O) groups is 1. The summed E-state index contributed by atoms with van der Waals surface area (Å²) in [5.74, 6) is -0.230. The summed E-state index contributed by atoms with van der Waals surface area (Å²) in [6.07, 6.45) is 3.58. The lowest BCUT2D eigenvalue weighted by molar-refractivity contribution is 0.0766. The number of aryl methyl sites for hydroxylation is 1. The van der Waals surface area contributed by atoms with Gasteiger partial charge in [-0.1, -0.05) is 24.3 Å². The maximum atomic E-state index is 13.1. The number of halogens is 1. The fraction of sp³-hybridized carbons (Fsp3) is 0.143. The van der Waals surface area contributed by atoms with Crippen LogP contribution in [-0.4, -0.2) is 15.8 Å². The number of hydrogen-bond donors (Lipinski definition) is 0. The van der Waals surface area contributed by atoms with E-state index in [1.54, 1.807) is 23.2 Å². The fourth-order valence-corrected chi connectivity index (χ4v) is 3.36. The van der Waals surface area contributed by atoms with Gasteiger partial charge in [-0.15, -0.1) is 0 Å². The zero-order valence-electron chi connectivity index (χ0n) is 13.9. The molecular formula is C21H17FN2O. The average Bonchev–Trinajstić information content (AvgIpc) is 2.94. The average molecular weight is 332 g/mol. The van der Waals surface area contributed by atoms with E-state index in [1.807, 2.05) is 31.3 Å². The lowest BCUT2D eigenvalue weighted by Gasteiger charge is -2.15. The Morgan fingerprint density at radius 2 is 1.92 bits per heavy atom. The Morgan fingerprint density at radius 1 is 1.12 bits per heavy atom. The third kappa shape index (κ3) is 2.91. The molecule has 0 spiro atoms. The predicted octanol–water partition coefficient (Wildman–Crippen LogP) is 4.35. The second-order valence-electron chi connectivity index (χ2n) is 6.36. The summed E-state index contributed by atoms with van der Waals surface area (Å²) < 4.78 is 13.1. The van der Waals surface area contributed by atoms with Crippen LogP contribution in [0, 0.1) is 12.7 Å². The van der Waals surface area contributed by atoms with Gasteiger partial charge in [-0.05, 0) is 53.4 Å². The van der Waals surface area contributed by atoms with Crippen molar-refractivity contribution in [3.8, 4) is 11.1 Å². The van der Waals surface area contributed by atoms with Crippen LogP contribution in [0.15, 0.2) is 60.9 Å². The zero-order chi connectivity index (χ0) is 17.4. The van der Waals surface area contributed by atoms with Gasteiger partial charge in [0.2, 0.25) is 0 Å². The van der Waals surface area contributed by atoms with Crippen molar-refractivity contribution >= 4 is 5.91 Å². The van der Waals surface area contributed by atoms with Crippen molar-refractivity contribution in [2.24, 2.45) is 0 Å². The number of benzene rings is 2. The first kappa shape index (κ1) is 15.5. The summed E-state index contributed by atoms with van der Waals surface area (Å²) in [7, 11) is 0. The number of rotatable bonds is 3. The number of pyridine rings is 1. The van der Waals surface area contributed by atoms with Crippen molar-refractivity contribution < 1.29 is 9.18 Å². The molecule has 2 heterocycles. The minimum Gasteiger partial charge on any atom is -0.330 e. The molecule has 0 bridgehead atoms. The Balaban J connectivity index is 1.64. The molecule has 25 heavy (non-hydrogen) atoms. The van der Waals surface area contributed by atoms with Crippen molar-refractivity contribution in [2.45, 2.75) is 20.0 Å². The molecule has 3 aromatic rings. The van der Waals surface area contributed by atoms with E-state index >= 15 is 0 Å². The number of aromatic nitrogens is 1. The van der Waals surface area contributed by atoms with Gasteiger partial charge in [-0.25, -0.2) is 4.39 Å². The molecule has 0 radical (unpaired) electrons. The Kier molecular flexibility index (Phi) is 3.80. The molecule has 0 N–H and O–H groups in total. The van der Waals surface area contributed by atoms with Gasteiger partial charge in [0.25, 0.3) is 5.91 Å². The largest absolute Gasteiger partial charge is 0.330 e. The molecule has 4 heteroatoms. The lowest BCUT2D eigenvalue weighted by Crippen LogP contribution is -2.23. The maximum Gasteiger partial charge on any atom is 0.255 e. The number of amides is 1. The molecular weight excluding hydrogens is 315 g/mol. The highest BCUT2D eigenvalue weighted by molar-refractivity contribution is 6.00. The summed E-state index contributed by atoms with van der Waals surface area (Å²) in [6.45, 7) is 3.02. The van der Waals surface area contributed by atoms with Crippen LogP contribution in [0.2, 0.25) is 0 Å². The van der Waals surface area contributed by atoms with Crippen LogP contribution in [0.5, 0.6) is 0 Å². The van der Waals surface area contributed by atoms with Crippen molar-refractivity contribution in [1.82, 2.24) is 9.88 Å². The van der Waals surface area contributed by atoms with Gasteiger partial charge < -0.3 is 4.90 Å². The quantitative estimate of drug-likeness (QED) is 0.714. The molecule has 0 aliphatic carbocycles. The van der Waals surface area contributed by atoms with E-state index in [1.165, 1.54) is 12.1 Å². The molecule has 1 aliphatic rings. The summed E-state index contributed by atoms with van der Waals surface area (Å²) in [5.41, 5.74) is 5.83. The number of nitrogens with zero attached hydrogens (tertiary/aromatic N) is 2. The summed E-state index contributed by atoms with van der Waals surface area (Å²) >= 11 is 0. The molecule has 124 valence electrons. The number of carbonyl (C=O) groups excluding carboxylic acids is 1. The first-order chi connectivity index (χ1) is 12.1. The Bertz CT molecular complexity index is 936. The summed E-state index contributed by atoms with van der Waals surface area (Å²) in [6, 6.07) is 14.3. The van der Waals surface area contributed by atoms with E-state index in [4.69, 9.17) is 0 Å². The Labute approximate surface area is 145 Å². The van der Waals surface area contributed by atoms with E-state index in [-0.39, 0.29) is 11.7 Å². The molecule has 4 rings (SSSR count). The van der Waals surface area contributed by atoms with E-state index in [9.17, 15) is 9.18 Å². The first-order valence-corrected chi connectivity index (χ1v) is 8.19. The molecule has 1 aromatic heterocycles. The molecule has 1 amide bonds. The summed E-state index contributed by atoms with van der Waals surface area (Å²) in [4.78, 5) is 18.7. The lowest BCUT2D eigenvalue weighted by atomic mass is 9.97. The van der Waals surface area contributed by atoms with Gasteiger partial charge in [-0.3, -0.25) is 9.78 Å². The second-order valence-corrected chi connectivity index (χ2v) is 6.36. The third-order valence-electron chi connectivity index (χ3n) is 4.56. The SMILES string of the molecule is Cc1cc(-c2cccnc2)cc2c1C(=O)N(Cc1ccc(F)cc1)C2. The van der Waals surface area contributed by atoms with Gasteiger partial charge in [0, 0.05) is 36.6 Å². The molecule has 3 nitrogen and oxygen atoms in total. The third-order valence-corrected chi connectivity index (χ3v) is 4.56. The standard InChI is InChI=1S/C21H17FN2O/c1-14-9-17(16-3-2-8-23-11-16)10-18-13-24(21(25)20(14)18)12-15-4-6-19(22)7-5-15/h2-11H,12-13H2,1H3. The molecule has 2 aromatic carbocycles. The van der Waals surface area contributed by atoms with E-state index < -0.39 is 0 Å². The summed E-state index contributed by atoms with van der Waals surface area (Å²) in [5, 5.41) is 0. The van der Waals surface area contributed by atoms with Crippen LogP contribution in [0.3, 0.4) is 0 Å². The highest BCUT2D eigenvalue weighted by Crippen LogP contribution is 2.32. The van der Waals surface area contributed by atoms with Crippen molar-refractivity contribution in [3.05, 3.63) is 89.0 Å². The number of fused-ring (bicyclic) bond motifs is 1. The topological polar surface area (TPSA) is 33.2 Å². The molecule has 0 atom stereocenters. The first-order valence-electron chi connectivity index (χ1n) is 8.19. The van der Waals surface area contributed by atoms with Crippen LogP contribution in [-0.2, 0) is 13.1 Å². The molecule has 0 unspecified atom stereocenters. The van der Waals surface area contributed by atoms with Crippen LogP contribution in [0.4, 0.5) is 4.39 Å². The Hall–Kier alpha value is -3.01. The molecule has 0 saturated heterocycles. The highest BCUT2D eigenvalue weighted by Gasteiger charge is 2.29. The van der Waals surface area contributed by atoms with Gasteiger partial charge in [0.05, 0.1) is 0 Å². The van der Waals surface area contributed by atoms with E-state index in [0.717, 1.165) is 33.4 Å². The normalized spacial score (nSPS) is 13.2. The van der Waals surface area contributed by atoms with Crippen molar-refractivity contribution in [1.29, 1.82) is 0 Å². The predicted molar refractivity (Wildman–Crippen MR) is 94.4 cm³/mol. The smallest absolute Gasteiger partial charge is 0.255 e. The maximum absolute atomic E-state index is 13.1. The monoisotopic (exact) mass is 332 g/mol. The highest BCUT2D eigenvalue weighted by atomic mass is 19.1. The second kappa shape index (κ2) is 6.13. The van der Waals surface area contributed by atoms with E-state index in [0.29, 0.717) is 13.1 Å². The van der Waals surface area contributed by atoms with Crippen LogP contribution < -0.4 is 0 Å². The zero-order valence-corrected chi connectivity index (χ0v) is 13.9. The van der Waals surface area contributed by atoms with E-state index in [2.05, 4.69) is 11.1 Å². The van der Waals surface area contributed by atoms with Gasteiger partial charge in [-0.2, -0.15) is 0 Å². The van der Waals surface area contributed by atoms with Gasteiger partial charge in [0.15, 0.2) is 0 Å². The minimum absolute atomic E-state index is 0.0366.